The van der Waals surface area contributed by atoms with E-state index in [9.17, 15) is 33.2 Å². The van der Waals surface area contributed by atoms with Gasteiger partial charge < -0.3 is 85.3 Å². The molecule has 0 saturated heterocycles. The lowest BCUT2D eigenvalue weighted by molar-refractivity contribution is 0.119. The van der Waals surface area contributed by atoms with Crippen LogP contribution in [0, 0.1) is 57.9 Å². The van der Waals surface area contributed by atoms with E-state index in [0.717, 1.165) is 135 Å². The van der Waals surface area contributed by atoms with Crippen LogP contribution in [0.4, 0.5) is 33.2 Å². The smallest absolute Gasteiger partial charge is 0.488 e. The zero-order valence-electron chi connectivity index (χ0n) is 84.2. The molecule has 786 valence electrons. The summed E-state index contributed by atoms with van der Waals surface area (Å²) in [5.41, 5.74) is 18.0. The molecule has 18 rings (SSSR count). The number of carbonyl (C=O) groups excluding carboxylic acids is 6. The van der Waals surface area contributed by atoms with E-state index in [0.29, 0.717) is 111 Å². The first-order chi connectivity index (χ1) is 71.5. The highest BCUT2D eigenvalue weighted by Gasteiger charge is 2.35. The average Bonchev–Trinajstić information content (AvgIpc) is 1.68. The normalized spacial score (nSPS) is 13.4. The van der Waals surface area contributed by atoms with E-state index in [4.69, 9.17) is 138 Å². The van der Waals surface area contributed by atoms with Crippen molar-refractivity contribution >= 4 is 157 Å². The van der Waals surface area contributed by atoms with Crippen molar-refractivity contribution in [3.8, 4) is 69.0 Å². The van der Waals surface area contributed by atoms with Crippen molar-refractivity contribution in [1.82, 2.24) is 0 Å². The zero-order chi connectivity index (χ0) is 107. The fraction of sp³-hybridized carbons (Fsp3) is 0.322. The number of aryl methyl sites for hydroxylation is 7. The van der Waals surface area contributed by atoms with Crippen LogP contribution in [0.25, 0.3) is 0 Å². The Morgan fingerprint density at radius 3 is 0.839 bits per heavy atom. The third-order valence-electron chi connectivity index (χ3n) is 24.9. The largest absolute Gasteiger partial charge is 0.513 e. The molecule has 0 unspecified atom stereocenters. The summed E-state index contributed by atoms with van der Waals surface area (Å²) in [7, 11) is 7.55. The van der Waals surface area contributed by atoms with Crippen LogP contribution in [0.1, 0.15) is 218 Å². The number of ether oxygens (including phenoxy) is 18. The summed E-state index contributed by atoms with van der Waals surface area (Å²) in [5, 5.41) is 4.45. The van der Waals surface area contributed by atoms with Gasteiger partial charge in [-0.3, -0.25) is 0 Å². The molecule has 6 aliphatic rings. The van der Waals surface area contributed by atoms with Gasteiger partial charge in [0.15, 0.2) is 0 Å². The summed E-state index contributed by atoms with van der Waals surface area (Å²) >= 11 is 49.5. The minimum absolute atomic E-state index is 0.0676. The summed E-state index contributed by atoms with van der Waals surface area (Å²) in [6, 6.07) is 56.4. The van der Waals surface area contributed by atoms with E-state index in [1.165, 1.54) is 134 Å². The second-order valence-electron chi connectivity index (χ2n) is 36.1. The van der Waals surface area contributed by atoms with Crippen molar-refractivity contribution in [1.29, 1.82) is 0 Å². The van der Waals surface area contributed by atoms with Crippen molar-refractivity contribution in [2.24, 2.45) is 0 Å². The van der Waals surface area contributed by atoms with Gasteiger partial charge in [0.1, 0.15) is 114 Å². The predicted octanol–water partition coefficient (Wildman–Crippen LogP) is 34.0. The van der Waals surface area contributed by atoms with Crippen molar-refractivity contribution in [3.63, 3.8) is 0 Å². The molecule has 6 saturated carbocycles. The van der Waals surface area contributed by atoms with Gasteiger partial charge in [-0.2, -0.15) is 0 Å². The first kappa shape index (κ1) is 114. The maximum Gasteiger partial charge on any atom is 0.513 e. The average molecular weight is 2350 g/mol. The van der Waals surface area contributed by atoms with Crippen LogP contribution in [0.15, 0.2) is 193 Å². The molecule has 0 heterocycles. The van der Waals surface area contributed by atoms with Gasteiger partial charge in [-0.1, -0.05) is 188 Å². The van der Waals surface area contributed by atoms with E-state index in [2.05, 4.69) is 97.3 Å². The Hall–Kier alpha value is -11.8. The number of hydrogen-bond acceptors (Lipinski definition) is 24. The third kappa shape index (κ3) is 32.9. The van der Waals surface area contributed by atoms with Gasteiger partial charge in [0.05, 0.1) is 58.8 Å². The summed E-state index contributed by atoms with van der Waals surface area (Å²) < 4.78 is 110. The molecule has 6 aliphatic carbocycles. The lowest BCUT2D eigenvalue weighted by atomic mass is 10.1. The van der Waals surface area contributed by atoms with Crippen LogP contribution in [-0.4, -0.2) is 79.6 Å². The Kier molecular flexibility index (Phi) is 41.7. The van der Waals surface area contributed by atoms with Crippen molar-refractivity contribution < 1.29 is 118 Å². The lowest BCUT2D eigenvalue weighted by Crippen LogP contribution is -2.11. The van der Waals surface area contributed by atoms with Crippen molar-refractivity contribution in [2.45, 2.75) is 201 Å². The van der Waals surface area contributed by atoms with Gasteiger partial charge in [-0.15, -0.1) is 0 Å². The number of halogens is 10. The number of rotatable bonds is 30. The summed E-state index contributed by atoms with van der Waals surface area (Å²) in [6.07, 6.45) is 9.20. The Bertz CT molecular complexity index is 6060. The predicted molar refractivity (Wildman–Crippen MR) is 582 cm³/mol. The molecule has 12 aromatic carbocycles. The molecule has 0 radical (unpaired) electrons. The van der Waals surface area contributed by atoms with E-state index in [-0.39, 0.29) is 51.0 Å². The van der Waals surface area contributed by atoms with Gasteiger partial charge in [0, 0.05) is 60.4 Å². The highest BCUT2D eigenvalue weighted by atomic mass is 127. The molecule has 12 aromatic rings. The molecule has 0 aliphatic heterocycles. The summed E-state index contributed by atoms with van der Waals surface area (Å²) in [4.78, 5) is 68.4. The first-order valence-electron chi connectivity index (χ1n) is 47.9. The van der Waals surface area contributed by atoms with Crippen molar-refractivity contribution in [2.75, 3.05) is 42.7 Å². The number of para-hydroxylation sites is 1. The Morgan fingerprint density at radius 1 is 0.262 bits per heavy atom. The number of carbonyl (C=O) groups is 6. The molecule has 149 heavy (non-hydrogen) atoms. The second-order valence-corrected chi connectivity index (χ2v) is 40.9. The molecule has 0 aromatic heterocycles. The quantitative estimate of drug-likeness (QED) is 0.0175. The second kappa shape index (κ2) is 54.3. The zero-order valence-corrected chi connectivity index (χ0v) is 93.2. The van der Waals surface area contributed by atoms with Crippen LogP contribution in [0.3, 0.4) is 0 Å². The highest BCUT2D eigenvalue weighted by molar-refractivity contribution is 14.1. The first-order valence-corrected chi connectivity index (χ1v) is 52.4. The maximum absolute atomic E-state index is 14.2. The standard InChI is InChI=1S/C20H21ClO4.C19H18BrClO4.C19H18Cl2O4.C19H18ClFO4.C19H18ClIO4.C19H19ClO4/c1-12-5-4-6-18(25-20(22)23-3)16(12)11-24-19-10-17(21)13(2)9-15(19)14-7-8-14;2*1-11-8-13(12-6-7-12)18(9-16(11)21)24-10-14-15(20)4-3-5-17(14)25-19(22)23-2;2*1-11-8-13(12-6-7-12)18(9-15(11)20)24-10-14-16(21)4-3-5-17(14)25-19(22)23-2;1-12-9-15(13-7-8-13)18(10-16(12)20)23-11-14-5-3-4-6-17(14)24-19(21)22-2/h4-6,9-10,14H,7-8,11H2,1-3H3;4*3-5,8-9,12H,6-7,10H2,1-2H3;3-6,9-10,13H,7-8,11H2,1-2H3. The third-order valence-corrected chi connectivity index (χ3v) is 29.4. The molecule has 34 heteroatoms. The molecule has 0 bridgehead atoms. The topological polar surface area (TPSA) is 269 Å². The van der Waals surface area contributed by atoms with E-state index in [1.807, 2.05) is 127 Å². The SMILES string of the molecule is COC(=O)Oc1cccc(Br)c1COc1cc(Cl)c(C)cc1C1CC1.COC(=O)Oc1cccc(C)c1COc1cc(Cl)c(C)cc1C1CC1.COC(=O)Oc1cccc(Cl)c1COc1cc(Cl)c(C)cc1C1CC1.COC(=O)Oc1cccc(F)c1COc1cc(Cl)c(C)cc1C1CC1.COC(=O)Oc1cccc(I)c1COc1cc(Cl)c(C)cc1C1CC1.COC(=O)Oc1ccccc1COc1cc(Cl)c(C)cc1C1CC1. The fourth-order valence-corrected chi connectivity index (χ4v) is 17.8. The van der Waals surface area contributed by atoms with E-state index < -0.39 is 42.7 Å². The van der Waals surface area contributed by atoms with Gasteiger partial charge in [0.25, 0.3) is 0 Å². The monoisotopic (exact) mass is 2350 g/mol. The van der Waals surface area contributed by atoms with E-state index in [1.54, 1.807) is 60.7 Å². The Labute approximate surface area is 922 Å². The molecule has 0 amide bonds. The lowest BCUT2D eigenvalue weighted by Gasteiger charge is -2.16. The number of benzene rings is 12. The minimum atomic E-state index is -0.913. The van der Waals surface area contributed by atoms with Crippen LogP contribution in [0.5, 0.6) is 69.0 Å². The summed E-state index contributed by atoms with van der Waals surface area (Å²) in [6.45, 7) is 15.0. The van der Waals surface area contributed by atoms with Crippen molar-refractivity contribution in [3.05, 3.63) is 343 Å². The Balaban J connectivity index is 0.000000149. The highest BCUT2D eigenvalue weighted by Crippen LogP contribution is 2.53. The van der Waals surface area contributed by atoms with Gasteiger partial charge in [-0.05, 0) is 353 Å². The van der Waals surface area contributed by atoms with Gasteiger partial charge in [0.2, 0.25) is 0 Å². The maximum atomic E-state index is 14.2. The van der Waals surface area contributed by atoms with Gasteiger partial charge >= 0.3 is 36.9 Å². The molecular weight excluding hydrogens is 2240 g/mol. The van der Waals surface area contributed by atoms with Crippen LogP contribution in [0.2, 0.25) is 35.2 Å². The number of methoxy groups -OCH3 is 6. The van der Waals surface area contributed by atoms with Crippen LogP contribution in [-0.2, 0) is 68.1 Å². The molecule has 0 atom stereocenters. The molecule has 6 fully saturated rings. The summed E-state index contributed by atoms with van der Waals surface area (Å²) in [5.74, 6) is 9.24. The van der Waals surface area contributed by atoms with E-state index >= 15 is 0 Å². The molecule has 0 N–H and O–H groups in total. The molecule has 0 spiro atoms. The minimum Gasteiger partial charge on any atom is -0.488 e. The molecule has 24 nitrogen and oxygen atoms in total. The fourth-order valence-electron chi connectivity index (χ4n) is 15.6. The number of hydrogen-bond donors (Lipinski definition) is 0. The van der Waals surface area contributed by atoms with Gasteiger partial charge in [-0.25, -0.2) is 33.2 Å². The molecular formula is C115H112BrCl7FIO24. The Morgan fingerprint density at radius 2 is 0.503 bits per heavy atom. The van der Waals surface area contributed by atoms with Crippen LogP contribution >= 0.6 is 120 Å². The van der Waals surface area contributed by atoms with Crippen LogP contribution < -0.4 is 56.8 Å².